The summed E-state index contributed by atoms with van der Waals surface area (Å²) in [7, 11) is -1.03. The molecule has 3 aromatic carbocycles. The Labute approximate surface area is 222 Å². The van der Waals surface area contributed by atoms with Gasteiger partial charge in [0.2, 0.25) is 21.8 Å². The molecule has 0 fully saturated rings. The third kappa shape index (κ3) is 7.47. The molecule has 37 heavy (non-hydrogen) atoms. The minimum Gasteiger partial charge on any atom is -0.495 e. The van der Waals surface area contributed by atoms with Gasteiger partial charge in [0.15, 0.2) is 0 Å². The fraction of sp³-hybridized carbons (Fsp3) is 0.259. The van der Waals surface area contributed by atoms with E-state index in [0.717, 1.165) is 21.7 Å². The Morgan fingerprint density at radius 1 is 0.973 bits per heavy atom. The molecule has 1 N–H and O–H groups in total. The van der Waals surface area contributed by atoms with Gasteiger partial charge in [-0.3, -0.25) is 13.9 Å². The van der Waals surface area contributed by atoms with E-state index in [1.54, 1.807) is 6.07 Å². The maximum atomic E-state index is 13.9. The van der Waals surface area contributed by atoms with Crippen molar-refractivity contribution in [2.75, 3.05) is 31.3 Å². The van der Waals surface area contributed by atoms with Crippen LogP contribution in [0.2, 0.25) is 5.02 Å². The van der Waals surface area contributed by atoms with Crippen LogP contribution < -0.4 is 14.4 Å². The molecule has 0 aliphatic rings. The Hall–Kier alpha value is -3.56. The van der Waals surface area contributed by atoms with Gasteiger partial charge in [0.25, 0.3) is 0 Å². The van der Waals surface area contributed by atoms with Crippen LogP contribution in [0, 0.1) is 0 Å². The van der Waals surface area contributed by atoms with Gasteiger partial charge in [0.05, 0.1) is 19.1 Å². The van der Waals surface area contributed by atoms with Crippen molar-refractivity contribution in [1.82, 2.24) is 10.2 Å². The van der Waals surface area contributed by atoms with Gasteiger partial charge < -0.3 is 15.0 Å². The van der Waals surface area contributed by atoms with E-state index < -0.39 is 28.5 Å². The van der Waals surface area contributed by atoms with Gasteiger partial charge in [-0.1, -0.05) is 72.3 Å². The van der Waals surface area contributed by atoms with Crippen molar-refractivity contribution < 1.29 is 22.7 Å². The first-order valence-electron chi connectivity index (χ1n) is 11.5. The lowest BCUT2D eigenvalue weighted by molar-refractivity contribution is -0.139. The van der Waals surface area contributed by atoms with Crippen LogP contribution in [-0.4, -0.2) is 58.1 Å². The Bertz CT molecular complexity index is 1320. The lowest BCUT2D eigenvalue weighted by Crippen LogP contribution is -2.52. The quantitative estimate of drug-likeness (QED) is 0.399. The van der Waals surface area contributed by atoms with Gasteiger partial charge in [0.1, 0.15) is 18.3 Å². The molecule has 1 unspecified atom stereocenters. The summed E-state index contributed by atoms with van der Waals surface area (Å²) in [5.74, 6) is -0.676. The number of likely N-dealkylation sites (N-methyl/N-ethyl adjacent to an activating group) is 1. The number of nitrogens with zero attached hydrogens (tertiary/aromatic N) is 2. The Morgan fingerprint density at radius 3 is 2.11 bits per heavy atom. The van der Waals surface area contributed by atoms with E-state index in [1.165, 1.54) is 31.2 Å². The van der Waals surface area contributed by atoms with E-state index in [4.69, 9.17) is 16.3 Å². The number of benzene rings is 3. The van der Waals surface area contributed by atoms with E-state index in [9.17, 15) is 18.0 Å². The van der Waals surface area contributed by atoms with Crippen LogP contribution in [0.1, 0.15) is 11.1 Å². The molecule has 8 nitrogen and oxygen atoms in total. The van der Waals surface area contributed by atoms with Crippen LogP contribution in [0.5, 0.6) is 5.75 Å². The van der Waals surface area contributed by atoms with Crippen molar-refractivity contribution in [3.63, 3.8) is 0 Å². The average Bonchev–Trinajstić information content (AvgIpc) is 2.89. The number of halogens is 1. The SMILES string of the molecule is CNC(=O)C(Cc1ccccc1)N(Cc1ccccc1)C(=O)CN(c1cc(Cl)ccc1OC)S(C)(=O)=O. The second-order valence-corrected chi connectivity index (χ2v) is 10.8. The first-order chi connectivity index (χ1) is 17.6. The molecule has 0 saturated carbocycles. The number of methoxy groups -OCH3 is 1. The van der Waals surface area contributed by atoms with Gasteiger partial charge in [0, 0.05) is 25.0 Å². The lowest BCUT2D eigenvalue weighted by atomic mass is 10.0. The zero-order chi connectivity index (χ0) is 27.0. The van der Waals surface area contributed by atoms with E-state index >= 15 is 0 Å². The predicted octanol–water partition coefficient (Wildman–Crippen LogP) is 3.50. The molecule has 3 rings (SSSR count). The largest absolute Gasteiger partial charge is 0.495 e. The van der Waals surface area contributed by atoms with Gasteiger partial charge in [-0.2, -0.15) is 0 Å². The summed E-state index contributed by atoms with van der Waals surface area (Å²) in [6.07, 6.45) is 1.25. The number of carbonyl (C=O) groups is 2. The molecule has 2 amide bonds. The third-order valence-corrected chi connectivity index (χ3v) is 7.16. The number of nitrogens with one attached hydrogen (secondary N) is 1. The molecule has 0 spiro atoms. The second kappa shape index (κ2) is 12.6. The Balaban J connectivity index is 2.05. The highest BCUT2D eigenvalue weighted by molar-refractivity contribution is 7.92. The molecule has 0 saturated heterocycles. The van der Waals surface area contributed by atoms with Crippen molar-refractivity contribution in [2.24, 2.45) is 0 Å². The second-order valence-electron chi connectivity index (χ2n) is 8.41. The van der Waals surface area contributed by atoms with E-state index in [1.807, 2.05) is 60.7 Å². The Kier molecular flexibility index (Phi) is 9.54. The number of ether oxygens (including phenoxy) is 1. The van der Waals surface area contributed by atoms with Crippen molar-refractivity contribution >= 4 is 39.1 Å². The molecule has 0 aliphatic carbocycles. The highest BCUT2D eigenvalue weighted by Crippen LogP contribution is 2.33. The zero-order valence-corrected chi connectivity index (χ0v) is 22.5. The maximum Gasteiger partial charge on any atom is 0.244 e. The summed E-state index contributed by atoms with van der Waals surface area (Å²) in [6, 6.07) is 22.2. The maximum absolute atomic E-state index is 13.9. The molecule has 0 bridgehead atoms. The molecule has 3 aromatic rings. The molecular formula is C27H30ClN3O5S. The first kappa shape index (κ1) is 28.0. The van der Waals surface area contributed by atoms with Crippen LogP contribution in [0.3, 0.4) is 0 Å². The van der Waals surface area contributed by atoms with Crippen molar-refractivity contribution in [1.29, 1.82) is 0 Å². The van der Waals surface area contributed by atoms with E-state index in [-0.39, 0.29) is 35.3 Å². The standard InChI is InChI=1S/C27H30ClN3O5S/c1-29-27(33)24(16-20-10-6-4-7-11-20)30(18-21-12-8-5-9-13-21)26(32)19-31(37(3,34)35)23-17-22(28)14-15-25(23)36-2/h4-15,17,24H,16,18-19H2,1-3H3,(H,29,33). The summed E-state index contributed by atoms with van der Waals surface area (Å²) in [4.78, 5) is 28.4. The van der Waals surface area contributed by atoms with Gasteiger partial charge in [-0.05, 0) is 29.3 Å². The van der Waals surface area contributed by atoms with Crippen LogP contribution in [0.4, 0.5) is 5.69 Å². The molecule has 0 radical (unpaired) electrons. The summed E-state index contributed by atoms with van der Waals surface area (Å²) >= 11 is 6.15. The van der Waals surface area contributed by atoms with Crippen LogP contribution in [-0.2, 0) is 32.6 Å². The van der Waals surface area contributed by atoms with Gasteiger partial charge in [-0.15, -0.1) is 0 Å². The van der Waals surface area contributed by atoms with Crippen LogP contribution in [0.15, 0.2) is 78.9 Å². The monoisotopic (exact) mass is 543 g/mol. The minimum absolute atomic E-state index is 0.106. The molecular weight excluding hydrogens is 514 g/mol. The highest BCUT2D eigenvalue weighted by Gasteiger charge is 2.33. The fourth-order valence-electron chi connectivity index (χ4n) is 3.95. The molecule has 0 aliphatic heterocycles. The van der Waals surface area contributed by atoms with Crippen molar-refractivity contribution in [3.05, 3.63) is 95.0 Å². The number of anilines is 1. The summed E-state index contributed by atoms with van der Waals surface area (Å²) in [5, 5.41) is 2.93. The summed E-state index contributed by atoms with van der Waals surface area (Å²) < 4.78 is 32.0. The smallest absolute Gasteiger partial charge is 0.244 e. The minimum atomic E-state index is -3.93. The topological polar surface area (TPSA) is 96.0 Å². The normalized spacial score (nSPS) is 11.9. The van der Waals surface area contributed by atoms with Gasteiger partial charge >= 0.3 is 0 Å². The molecule has 196 valence electrons. The average molecular weight is 544 g/mol. The lowest BCUT2D eigenvalue weighted by Gasteiger charge is -2.33. The Morgan fingerprint density at radius 2 is 1.57 bits per heavy atom. The van der Waals surface area contributed by atoms with Gasteiger partial charge in [-0.25, -0.2) is 8.42 Å². The summed E-state index contributed by atoms with van der Waals surface area (Å²) in [6.45, 7) is -0.445. The summed E-state index contributed by atoms with van der Waals surface area (Å²) in [5.41, 5.74) is 1.78. The molecule has 0 heterocycles. The van der Waals surface area contributed by atoms with Crippen LogP contribution >= 0.6 is 11.6 Å². The number of rotatable bonds is 11. The third-order valence-electron chi connectivity index (χ3n) is 5.80. The number of sulfonamides is 1. The fourth-order valence-corrected chi connectivity index (χ4v) is 4.96. The molecule has 1 atom stereocenters. The predicted molar refractivity (Wildman–Crippen MR) is 145 cm³/mol. The number of amides is 2. The number of hydrogen-bond acceptors (Lipinski definition) is 5. The van der Waals surface area contributed by atoms with Crippen LogP contribution in [0.25, 0.3) is 0 Å². The molecule has 0 aromatic heterocycles. The zero-order valence-electron chi connectivity index (χ0n) is 20.9. The van der Waals surface area contributed by atoms with Crippen molar-refractivity contribution in [3.8, 4) is 5.75 Å². The van der Waals surface area contributed by atoms with E-state index in [2.05, 4.69) is 5.32 Å². The number of carbonyl (C=O) groups excluding carboxylic acids is 2. The first-order valence-corrected chi connectivity index (χ1v) is 13.8. The molecule has 10 heteroatoms. The van der Waals surface area contributed by atoms with Crippen molar-refractivity contribution in [2.45, 2.75) is 19.0 Å². The number of hydrogen-bond donors (Lipinski definition) is 1. The highest BCUT2D eigenvalue weighted by atomic mass is 35.5. The van der Waals surface area contributed by atoms with E-state index in [0.29, 0.717) is 0 Å².